The topological polar surface area (TPSA) is 84.7 Å². The summed E-state index contributed by atoms with van der Waals surface area (Å²) in [7, 11) is 1.85. The highest BCUT2D eigenvalue weighted by Crippen LogP contribution is 2.26. The smallest absolute Gasteiger partial charge is 0.310 e. The first kappa shape index (κ1) is 18.2. The quantitative estimate of drug-likeness (QED) is 0.633. The van der Waals surface area contributed by atoms with Gasteiger partial charge < -0.3 is 15.0 Å². The van der Waals surface area contributed by atoms with Gasteiger partial charge in [0.05, 0.1) is 4.92 Å². The summed E-state index contributed by atoms with van der Waals surface area (Å²) in [4.78, 5) is 24.3. The Bertz CT molecular complexity index is 527. The van der Waals surface area contributed by atoms with E-state index in [0.717, 1.165) is 19.4 Å². The highest BCUT2D eigenvalue weighted by Gasteiger charge is 2.28. The van der Waals surface area contributed by atoms with Crippen LogP contribution < -0.4 is 10.1 Å². The molecule has 7 nitrogen and oxygen atoms in total. The molecule has 0 spiro atoms. The number of carbonyl (C=O) groups excluding carboxylic acids is 1. The van der Waals surface area contributed by atoms with Gasteiger partial charge in [-0.3, -0.25) is 14.9 Å². The van der Waals surface area contributed by atoms with E-state index >= 15 is 0 Å². The Balaban J connectivity index is 0.00000242. The van der Waals surface area contributed by atoms with E-state index in [2.05, 4.69) is 5.32 Å². The molecule has 8 heteroatoms. The molecule has 2 rings (SSSR count). The summed E-state index contributed by atoms with van der Waals surface area (Å²) >= 11 is 0. The van der Waals surface area contributed by atoms with Gasteiger partial charge in [0.2, 0.25) is 0 Å². The maximum absolute atomic E-state index is 12.2. The number of para-hydroxylation sites is 2. The molecule has 0 radical (unpaired) electrons. The number of likely N-dealkylation sites (tertiary alicyclic amines) is 1. The van der Waals surface area contributed by atoms with Gasteiger partial charge in [-0.15, -0.1) is 12.4 Å². The predicted octanol–water partition coefficient (Wildman–Crippen LogP) is 1.61. The summed E-state index contributed by atoms with van der Waals surface area (Å²) in [6.07, 6.45) is 1.95. The Hall–Kier alpha value is -1.86. The van der Waals surface area contributed by atoms with Crippen LogP contribution in [-0.2, 0) is 4.79 Å². The molecule has 0 bridgehead atoms. The predicted molar refractivity (Wildman–Crippen MR) is 84.5 cm³/mol. The van der Waals surface area contributed by atoms with Crippen LogP contribution in [-0.4, -0.2) is 48.5 Å². The fraction of sp³-hybridized carbons (Fsp3) is 0.500. The second-order valence-corrected chi connectivity index (χ2v) is 4.95. The average Bonchev–Trinajstić information content (AvgIpc) is 2.93. The minimum Gasteiger partial charge on any atom is -0.477 e. The fourth-order valence-corrected chi connectivity index (χ4v) is 2.56. The number of benzene rings is 1. The lowest BCUT2D eigenvalue weighted by Crippen LogP contribution is -2.43. The molecule has 1 unspecified atom stereocenters. The lowest BCUT2D eigenvalue weighted by Gasteiger charge is -2.24. The minimum atomic E-state index is -0.514. The van der Waals surface area contributed by atoms with Gasteiger partial charge in [0.25, 0.3) is 5.91 Å². The number of nitro groups is 1. The lowest BCUT2D eigenvalue weighted by atomic mass is 10.2. The Morgan fingerprint density at radius 1 is 1.50 bits per heavy atom. The van der Waals surface area contributed by atoms with Crippen LogP contribution in [0.2, 0.25) is 0 Å². The molecule has 0 saturated carbocycles. The number of carbonyl (C=O) groups is 1. The molecule has 1 aliphatic rings. The molecule has 1 aromatic rings. The number of hydrogen-bond donors (Lipinski definition) is 1. The van der Waals surface area contributed by atoms with E-state index in [1.165, 1.54) is 12.1 Å². The van der Waals surface area contributed by atoms with Crippen molar-refractivity contribution in [1.29, 1.82) is 0 Å². The normalized spacial score (nSPS) is 17.0. The number of amides is 1. The Morgan fingerprint density at radius 2 is 2.23 bits per heavy atom. The van der Waals surface area contributed by atoms with Crippen molar-refractivity contribution in [3.05, 3.63) is 34.4 Å². The molecule has 0 aromatic heterocycles. The molecule has 1 heterocycles. The first-order chi connectivity index (χ1) is 10.1. The van der Waals surface area contributed by atoms with Crippen molar-refractivity contribution in [3.63, 3.8) is 0 Å². The molecule has 1 N–H and O–H groups in total. The zero-order valence-corrected chi connectivity index (χ0v) is 13.2. The first-order valence-corrected chi connectivity index (χ1v) is 6.93. The number of rotatable bonds is 6. The molecule has 0 aliphatic carbocycles. The van der Waals surface area contributed by atoms with Crippen LogP contribution >= 0.6 is 12.4 Å². The third kappa shape index (κ3) is 4.32. The maximum Gasteiger partial charge on any atom is 0.310 e. The number of likely N-dealkylation sites (N-methyl/N-ethyl adjacent to an activating group) is 1. The summed E-state index contributed by atoms with van der Waals surface area (Å²) in [5.74, 6) is -0.00823. The van der Waals surface area contributed by atoms with Crippen LogP contribution in [0.5, 0.6) is 5.75 Å². The van der Waals surface area contributed by atoms with Crippen molar-refractivity contribution in [2.24, 2.45) is 0 Å². The van der Waals surface area contributed by atoms with E-state index in [4.69, 9.17) is 4.74 Å². The first-order valence-electron chi connectivity index (χ1n) is 6.93. The summed E-state index contributed by atoms with van der Waals surface area (Å²) < 4.78 is 5.35. The monoisotopic (exact) mass is 329 g/mol. The van der Waals surface area contributed by atoms with Gasteiger partial charge in [0.15, 0.2) is 12.4 Å². The van der Waals surface area contributed by atoms with E-state index in [1.807, 2.05) is 7.05 Å². The summed E-state index contributed by atoms with van der Waals surface area (Å²) in [6.45, 7) is 1.29. The zero-order valence-electron chi connectivity index (χ0n) is 12.4. The molecule has 1 fully saturated rings. The third-order valence-electron chi connectivity index (χ3n) is 3.55. The molecule has 22 heavy (non-hydrogen) atoms. The van der Waals surface area contributed by atoms with Gasteiger partial charge in [-0.25, -0.2) is 0 Å². The van der Waals surface area contributed by atoms with Gasteiger partial charge in [-0.05, 0) is 26.0 Å². The van der Waals surface area contributed by atoms with Gasteiger partial charge in [-0.2, -0.15) is 0 Å². The molecule has 1 saturated heterocycles. The van der Waals surface area contributed by atoms with E-state index in [0.29, 0.717) is 6.54 Å². The maximum atomic E-state index is 12.2. The van der Waals surface area contributed by atoms with Crippen molar-refractivity contribution in [2.45, 2.75) is 18.9 Å². The van der Waals surface area contributed by atoms with E-state index < -0.39 is 4.92 Å². The minimum absolute atomic E-state index is 0. The number of halogens is 1. The largest absolute Gasteiger partial charge is 0.477 e. The summed E-state index contributed by atoms with van der Waals surface area (Å²) in [5.41, 5.74) is -0.126. The Morgan fingerprint density at radius 3 is 2.91 bits per heavy atom. The van der Waals surface area contributed by atoms with Crippen molar-refractivity contribution < 1.29 is 14.5 Å². The molecule has 1 aromatic carbocycles. The van der Waals surface area contributed by atoms with Crippen LogP contribution in [0, 0.1) is 10.1 Å². The number of nitro benzene ring substituents is 1. The van der Waals surface area contributed by atoms with E-state index in [9.17, 15) is 14.9 Å². The molecule has 122 valence electrons. The molecule has 1 amide bonds. The molecular formula is C14H20ClN3O4. The lowest BCUT2D eigenvalue weighted by molar-refractivity contribution is -0.385. The van der Waals surface area contributed by atoms with E-state index in [1.54, 1.807) is 17.0 Å². The van der Waals surface area contributed by atoms with E-state index in [-0.39, 0.29) is 42.4 Å². The summed E-state index contributed by atoms with van der Waals surface area (Å²) in [6, 6.07) is 6.25. The van der Waals surface area contributed by atoms with Crippen LogP contribution in [0.25, 0.3) is 0 Å². The average molecular weight is 330 g/mol. The SMILES string of the molecule is CNCC1CCCN1C(=O)COc1ccccc1[N+](=O)[O-].Cl. The van der Waals surface area contributed by atoms with Crippen LogP contribution in [0.3, 0.4) is 0 Å². The fourth-order valence-electron chi connectivity index (χ4n) is 2.56. The van der Waals surface area contributed by atoms with Crippen LogP contribution in [0.15, 0.2) is 24.3 Å². The number of nitrogens with one attached hydrogen (secondary N) is 1. The molecule has 1 aliphatic heterocycles. The van der Waals surface area contributed by atoms with Crippen LogP contribution in [0.4, 0.5) is 5.69 Å². The van der Waals surface area contributed by atoms with Crippen molar-refractivity contribution in [2.75, 3.05) is 26.7 Å². The standard InChI is InChI=1S/C14H19N3O4.ClH/c1-15-9-11-5-4-8-16(11)14(18)10-21-13-7-3-2-6-12(13)17(19)20;/h2-3,6-7,11,15H,4-5,8-10H2,1H3;1H. The Labute approximate surface area is 135 Å². The summed E-state index contributed by atoms with van der Waals surface area (Å²) in [5, 5.41) is 14.0. The molecule has 1 atom stereocenters. The highest BCUT2D eigenvalue weighted by atomic mass is 35.5. The number of nitrogens with zero attached hydrogens (tertiary/aromatic N) is 2. The molecular weight excluding hydrogens is 310 g/mol. The van der Waals surface area contributed by atoms with Gasteiger partial charge in [0.1, 0.15) is 0 Å². The van der Waals surface area contributed by atoms with Gasteiger partial charge >= 0.3 is 5.69 Å². The Kier molecular flexibility index (Phi) is 7.07. The van der Waals surface area contributed by atoms with Gasteiger partial charge in [0, 0.05) is 25.2 Å². The number of hydrogen-bond acceptors (Lipinski definition) is 5. The number of ether oxygens (including phenoxy) is 1. The van der Waals surface area contributed by atoms with Gasteiger partial charge in [-0.1, -0.05) is 12.1 Å². The zero-order chi connectivity index (χ0) is 15.2. The van der Waals surface area contributed by atoms with Crippen molar-refractivity contribution in [1.82, 2.24) is 10.2 Å². The third-order valence-corrected chi connectivity index (χ3v) is 3.55. The van der Waals surface area contributed by atoms with Crippen molar-refractivity contribution in [3.8, 4) is 5.75 Å². The second-order valence-electron chi connectivity index (χ2n) is 4.95. The van der Waals surface area contributed by atoms with Crippen molar-refractivity contribution >= 4 is 24.0 Å². The highest BCUT2D eigenvalue weighted by molar-refractivity contribution is 5.85. The second kappa shape index (κ2) is 8.55. The van der Waals surface area contributed by atoms with Crippen LogP contribution in [0.1, 0.15) is 12.8 Å².